The fraction of sp³-hybridized carbons (Fsp3) is 0.250. The smallest absolute Gasteiger partial charge is 0.323 e. The summed E-state index contributed by atoms with van der Waals surface area (Å²) in [6.45, 7) is 0. The van der Waals surface area contributed by atoms with Crippen molar-refractivity contribution in [3.8, 4) is 0 Å². The number of hydrogen-bond acceptors (Lipinski definition) is 3. The van der Waals surface area contributed by atoms with Gasteiger partial charge in [0.05, 0.1) is 17.4 Å². The maximum Gasteiger partial charge on any atom is 0.417 e. The number of alkyl halides is 3. The van der Waals surface area contributed by atoms with Crippen LogP contribution in [0.3, 0.4) is 0 Å². The maximum atomic E-state index is 12.3. The fourth-order valence-electron chi connectivity index (χ4n) is 1.52. The summed E-state index contributed by atoms with van der Waals surface area (Å²) in [5, 5.41) is 8.80. The van der Waals surface area contributed by atoms with E-state index in [1.165, 1.54) is 18.5 Å². The number of carbonyl (C=O) groups excluding carboxylic acids is 1. The van der Waals surface area contributed by atoms with Crippen molar-refractivity contribution in [1.29, 1.82) is 0 Å². The number of halogens is 3. The molecule has 2 heterocycles. The van der Waals surface area contributed by atoms with Crippen LogP contribution in [0.25, 0.3) is 0 Å². The second kappa shape index (κ2) is 5.72. The van der Waals surface area contributed by atoms with Gasteiger partial charge in [-0.3, -0.25) is 14.9 Å². The van der Waals surface area contributed by atoms with Gasteiger partial charge in [-0.05, 0) is 18.6 Å². The minimum atomic E-state index is -4.40. The van der Waals surface area contributed by atoms with Crippen LogP contribution in [-0.2, 0) is 17.4 Å². The third kappa shape index (κ3) is 3.81. The van der Waals surface area contributed by atoms with Gasteiger partial charge in [0, 0.05) is 24.5 Å². The molecule has 0 saturated heterocycles. The number of aromatic nitrogens is 3. The molecule has 0 aliphatic heterocycles. The molecular weight excluding hydrogens is 273 g/mol. The molecule has 0 bridgehead atoms. The monoisotopic (exact) mass is 284 g/mol. The number of aryl methyl sites for hydroxylation is 1. The zero-order chi connectivity index (χ0) is 14.6. The Labute approximate surface area is 112 Å². The lowest BCUT2D eigenvalue weighted by Gasteiger charge is -2.06. The standard InChI is InChI=1S/C12H11F3N4O/c13-12(14,15)8-1-2-9(16-5-8)3-4-11(20)19-10-6-17-18-7-10/h1-2,5-7H,3-4H2,(H,17,18)(H,19,20). The lowest BCUT2D eigenvalue weighted by molar-refractivity contribution is -0.137. The predicted octanol–water partition coefficient (Wildman–Crippen LogP) is 2.39. The Hall–Kier alpha value is -2.38. The van der Waals surface area contributed by atoms with Crippen molar-refractivity contribution in [2.45, 2.75) is 19.0 Å². The first-order valence-corrected chi connectivity index (χ1v) is 5.76. The van der Waals surface area contributed by atoms with Gasteiger partial charge in [-0.2, -0.15) is 18.3 Å². The van der Waals surface area contributed by atoms with E-state index in [4.69, 9.17) is 0 Å². The molecule has 106 valence electrons. The highest BCUT2D eigenvalue weighted by molar-refractivity contribution is 5.90. The van der Waals surface area contributed by atoms with E-state index in [-0.39, 0.29) is 18.7 Å². The second-order valence-electron chi connectivity index (χ2n) is 4.07. The first kappa shape index (κ1) is 14.0. The molecule has 0 aliphatic rings. The Kier molecular flexibility index (Phi) is 4.02. The summed E-state index contributed by atoms with van der Waals surface area (Å²) in [6, 6.07) is 2.23. The Morgan fingerprint density at radius 1 is 1.30 bits per heavy atom. The van der Waals surface area contributed by atoms with E-state index in [1.807, 2.05) is 0 Å². The normalized spacial score (nSPS) is 11.3. The Morgan fingerprint density at radius 2 is 2.10 bits per heavy atom. The van der Waals surface area contributed by atoms with Crippen molar-refractivity contribution in [3.05, 3.63) is 42.0 Å². The van der Waals surface area contributed by atoms with Crippen LogP contribution in [0.2, 0.25) is 0 Å². The fourth-order valence-corrected chi connectivity index (χ4v) is 1.52. The lowest BCUT2D eigenvalue weighted by Crippen LogP contribution is -2.12. The van der Waals surface area contributed by atoms with Gasteiger partial charge in [0.2, 0.25) is 5.91 Å². The quantitative estimate of drug-likeness (QED) is 0.905. The summed E-state index contributed by atoms with van der Waals surface area (Å²) in [4.78, 5) is 15.2. The number of rotatable bonds is 4. The summed E-state index contributed by atoms with van der Waals surface area (Å²) in [5.74, 6) is -0.256. The van der Waals surface area contributed by atoms with Crippen LogP contribution in [0.4, 0.5) is 18.9 Å². The number of aromatic amines is 1. The Balaban J connectivity index is 1.86. The van der Waals surface area contributed by atoms with Crippen LogP contribution >= 0.6 is 0 Å². The molecule has 0 aromatic carbocycles. The molecule has 20 heavy (non-hydrogen) atoms. The van der Waals surface area contributed by atoms with Gasteiger partial charge in [0.1, 0.15) is 0 Å². The van der Waals surface area contributed by atoms with E-state index in [2.05, 4.69) is 20.5 Å². The van der Waals surface area contributed by atoms with Crippen molar-refractivity contribution >= 4 is 11.6 Å². The van der Waals surface area contributed by atoms with Crippen LogP contribution < -0.4 is 5.32 Å². The van der Waals surface area contributed by atoms with Gasteiger partial charge < -0.3 is 5.32 Å². The molecule has 0 atom stereocenters. The van der Waals surface area contributed by atoms with Gasteiger partial charge in [0.15, 0.2) is 0 Å². The van der Waals surface area contributed by atoms with Crippen LogP contribution in [0.5, 0.6) is 0 Å². The molecule has 0 radical (unpaired) electrons. The van der Waals surface area contributed by atoms with Crippen molar-refractivity contribution in [2.24, 2.45) is 0 Å². The summed E-state index contributed by atoms with van der Waals surface area (Å²) >= 11 is 0. The van der Waals surface area contributed by atoms with Crippen molar-refractivity contribution < 1.29 is 18.0 Å². The summed E-state index contributed by atoms with van der Waals surface area (Å²) in [7, 11) is 0. The third-order valence-electron chi connectivity index (χ3n) is 2.54. The molecule has 0 fully saturated rings. The zero-order valence-corrected chi connectivity index (χ0v) is 10.2. The first-order chi connectivity index (χ1) is 9.45. The van der Waals surface area contributed by atoms with E-state index in [1.54, 1.807) is 0 Å². The van der Waals surface area contributed by atoms with Gasteiger partial charge in [0.25, 0.3) is 0 Å². The van der Waals surface area contributed by atoms with Crippen LogP contribution in [-0.4, -0.2) is 21.1 Å². The maximum absolute atomic E-state index is 12.3. The SMILES string of the molecule is O=C(CCc1ccc(C(F)(F)F)cn1)Nc1cn[nH]c1. The number of nitrogens with one attached hydrogen (secondary N) is 2. The first-order valence-electron chi connectivity index (χ1n) is 5.76. The third-order valence-corrected chi connectivity index (χ3v) is 2.54. The molecule has 0 unspecified atom stereocenters. The molecule has 0 spiro atoms. The molecule has 0 aliphatic carbocycles. The molecular formula is C12H11F3N4O. The van der Waals surface area contributed by atoms with Gasteiger partial charge in [-0.1, -0.05) is 0 Å². The highest BCUT2D eigenvalue weighted by atomic mass is 19.4. The van der Waals surface area contributed by atoms with E-state index < -0.39 is 11.7 Å². The number of anilines is 1. The summed E-state index contributed by atoms with van der Waals surface area (Å²) in [5.41, 5.74) is 0.167. The Bertz CT molecular complexity index is 563. The van der Waals surface area contributed by atoms with Crippen LogP contribution in [0.15, 0.2) is 30.7 Å². The largest absolute Gasteiger partial charge is 0.417 e. The number of H-pyrrole nitrogens is 1. The van der Waals surface area contributed by atoms with E-state index >= 15 is 0 Å². The predicted molar refractivity (Wildman–Crippen MR) is 64.8 cm³/mol. The number of carbonyl (C=O) groups is 1. The van der Waals surface area contributed by atoms with Gasteiger partial charge >= 0.3 is 6.18 Å². The van der Waals surface area contributed by atoms with Gasteiger partial charge in [-0.15, -0.1) is 0 Å². The molecule has 2 aromatic rings. The lowest BCUT2D eigenvalue weighted by atomic mass is 10.2. The average molecular weight is 284 g/mol. The minimum Gasteiger partial charge on any atom is -0.323 e. The van der Waals surface area contributed by atoms with E-state index in [0.717, 1.165) is 12.3 Å². The number of hydrogen-bond donors (Lipinski definition) is 2. The summed E-state index contributed by atoms with van der Waals surface area (Å²) < 4.78 is 37.0. The van der Waals surface area contributed by atoms with Gasteiger partial charge in [-0.25, -0.2) is 0 Å². The molecule has 8 heteroatoms. The molecule has 1 amide bonds. The highest BCUT2D eigenvalue weighted by Gasteiger charge is 2.30. The Morgan fingerprint density at radius 3 is 2.65 bits per heavy atom. The van der Waals surface area contributed by atoms with E-state index in [9.17, 15) is 18.0 Å². The molecule has 2 aromatic heterocycles. The number of nitrogens with zero attached hydrogens (tertiary/aromatic N) is 2. The van der Waals surface area contributed by atoms with Crippen molar-refractivity contribution in [2.75, 3.05) is 5.32 Å². The molecule has 2 rings (SSSR count). The molecule has 2 N–H and O–H groups in total. The second-order valence-corrected chi connectivity index (χ2v) is 4.07. The highest BCUT2D eigenvalue weighted by Crippen LogP contribution is 2.28. The molecule has 0 saturated carbocycles. The summed E-state index contributed by atoms with van der Waals surface area (Å²) in [6.07, 6.45) is -0.262. The van der Waals surface area contributed by atoms with Crippen molar-refractivity contribution in [1.82, 2.24) is 15.2 Å². The molecule has 5 nitrogen and oxygen atoms in total. The number of pyridine rings is 1. The zero-order valence-electron chi connectivity index (χ0n) is 10.2. The average Bonchev–Trinajstić information content (AvgIpc) is 2.88. The van der Waals surface area contributed by atoms with Crippen LogP contribution in [0.1, 0.15) is 17.7 Å². The number of amides is 1. The topological polar surface area (TPSA) is 70.7 Å². The van der Waals surface area contributed by atoms with E-state index in [0.29, 0.717) is 11.4 Å². The van der Waals surface area contributed by atoms with Crippen molar-refractivity contribution in [3.63, 3.8) is 0 Å². The van der Waals surface area contributed by atoms with Crippen LogP contribution in [0, 0.1) is 0 Å². The minimum absolute atomic E-state index is 0.129.